The molecule has 0 unspecified atom stereocenters. The summed E-state index contributed by atoms with van der Waals surface area (Å²) < 4.78 is 0. The molecule has 0 saturated carbocycles. The highest BCUT2D eigenvalue weighted by atomic mass is 16.4. The highest BCUT2D eigenvalue weighted by Gasteiger charge is 2.12. The standard InChI is InChI=1S/C21H19NO4/c23-19-13-16-6-2-1-5-15(16)12-18(19)21(26)22-17-10-8-14(9-11-17)4-3-7-20(24)25/h1-2,5-6,8-13,23H,3-4,7H2,(H,22,26)(H,24,25). The Kier molecular flexibility index (Phi) is 5.17. The van der Waals surface area contributed by atoms with Gasteiger partial charge in [0.25, 0.3) is 5.91 Å². The van der Waals surface area contributed by atoms with Gasteiger partial charge in [-0.3, -0.25) is 9.59 Å². The highest BCUT2D eigenvalue weighted by molar-refractivity contribution is 6.08. The van der Waals surface area contributed by atoms with Crippen LogP contribution >= 0.6 is 0 Å². The minimum atomic E-state index is -0.802. The van der Waals surface area contributed by atoms with Crippen molar-refractivity contribution in [3.63, 3.8) is 0 Å². The number of aliphatic carboxylic acids is 1. The van der Waals surface area contributed by atoms with Gasteiger partial charge in [-0.25, -0.2) is 0 Å². The first-order chi connectivity index (χ1) is 12.5. The molecule has 0 saturated heterocycles. The molecular weight excluding hydrogens is 330 g/mol. The number of benzene rings is 3. The topological polar surface area (TPSA) is 86.6 Å². The minimum absolute atomic E-state index is 0.0634. The molecule has 3 rings (SSSR count). The van der Waals surface area contributed by atoms with E-state index in [9.17, 15) is 14.7 Å². The van der Waals surface area contributed by atoms with Crippen molar-refractivity contribution >= 4 is 28.3 Å². The number of anilines is 1. The quantitative estimate of drug-likeness (QED) is 0.622. The number of aromatic hydroxyl groups is 1. The van der Waals surface area contributed by atoms with Gasteiger partial charge in [0.1, 0.15) is 5.75 Å². The van der Waals surface area contributed by atoms with Crippen LogP contribution in [0.2, 0.25) is 0 Å². The third kappa shape index (κ3) is 4.19. The second-order valence-electron chi connectivity index (χ2n) is 6.11. The lowest BCUT2D eigenvalue weighted by molar-refractivity contribution is -0.137. The van der Waals surface area contributed by atoms with Crippen LogP contribution in [0.25, 0.3) is 10.8 Å². The zero-order valence-corrected chi connectivity index (χ0v) is 14.1. The monoisotopic (exact) mass is 349 g/mol. The van der Waals surface area contributed by atoms with E-state index >= 15 is 0 Å². The number of carboxylic acids is 1. The van der Waals surface area contributed by atoms with Crippen LogP contribution in [0.3, 0.4) is 0 Å². The Morgan fingerprint density at radius 3 is 2.23 bits per heavy atom. The van der Waals surface area contributed by atoms with Gasteiger partial charge >= 0.3 is 5.97 Å². The summed E-state index contributed by atoms with van der Waals surface area (Å²) in [7, 11) is 0. The lowest BCUT2D eigenvalue weighted by atomic mass is 10.0. The van der Waals surface area contributed by atoms with Gasteiger partial charge in [-0.05, 0) is 53.4 Å². The minimum Gasteiger partial charge on any atom is -0.507 e. The molecule has 1 amide bonds. The Balaban J connectivity index is 1.70. The Morgan fingerprint density at radius 2 is 1.58 bits per heavy atom. The van der Waals surface area contributed by atoms with E-state index in [0.29, 0.717) is 18.5 Å². The van der Waals surface area contributed by atoms with Crippen LogP contribution in [0, 0.1) is 0 Å². The largest absolute Gasteiger partial charge is 0.507 e. The van der Waals surface area contributed by atoms with Crippen LogP contribution in [0.4, 0.5) is 5.69 Å². The number of aryl methyl sites for hydroxylation is 1. The molecule has 0 aromatic heterocycles. The number of phenolic OH excluding ortho intramolecular Hbond substituents is 1. The molecule has 26 heavy (non-hydrogen) atoms. The maximum atomic E-state index is 12.5. The van der Waals surface area contributed by atoms with Crippen molar-refractivity contribution in [2.75, 3.05) is 5.32 Å². The molecule has 0 aliphatic heterocycles. The van der Waals surface area contributed by atoms with Gasteiger partial charge in [-0.1, -0.05) is 36.4 Å². The number of phenols is 1. The van der Waals surface area contributed by atoms with E-state index in [1.54, 1.807) is 24.3 Å². The summed E-state index contributed by atoms with van der Waals surface area (Å²) in [6.45, 7) is 0. The second kappa shape index (κ2) is 7.70. The number of amides is 1. The first-order valence-electron chi connectivity index (χ1n) is 8.37. The Morgan fingerprint density at radius 1 is 0.923 bits per heavy atom. The fraction of sp³-hybridized carbons (Fsp3) is 0.143. The molecule has 0 bridgehead atoms. The maximum Gasteiger partial charge on any atom is 0.303 e. The van der Waals surface area contributed by atoms with Crippen molar-refractivity contribution < 1.29 is 19.8 Å². The summed E-state index contributed by atoms with van der Waals surface area (Å²) in [4.78, 5) is 23.0. The summed E-state index contributed by atoms with van der Waals surface area (Å²) >= 11 is 0. The third-order valence-corrected chi connectivity index (χ3v) is 4.18. The molecule has 5 nitrogen and oxygen atoms in total. The lowest BCUT2D eigenvalue weighted by Crippen LogP contribution is -2.12. The van der Waals surface area contributed by atoms with E-state index in [1.165, 1.54) is 0 Å². The van der Waals surface area contributed by atoms with E-state index < -0.39 is 5.97 Å². The van der Waals surface area contributed by atoms with Gasteiger partial charge in [-0.2, -0.15) is 0 Å². The Labute approximate surface area is 150 Å². The molecule has 0 fully saturated rings. The van der Waals surface area contributed by atoms with E-state index in [0.717, 1.165) is 16.3 Å². The first-order valence-corrected chi connectivity index (χ1v) is 8.37. The number of nitrogens with one attached hydrogen (secondary N) is 1. The SMILES string of the molecule is O=C(O)CCCc1ccc(NC(=O)c2cc3ccccc3cc2O)cc1. The van der Waals surface area contributed by atoms with Crippen LogP contribution < -0.4 is 5.32 Å². The molecule has 0 aliphatic carbocycles. The third-order valence-electron chi connectivity index (χ3n) is 4.18. The van der Waals surface area contributed by atoms with E-state index in [1.807, 2.05) is 36.4 Å². The summed E-state index contributed by atoms with van der Waals surface area (Å²) in [5.41, 5.74) is 1.84. The summed E-state index contributed by atoms with van der Waals surface area (Å²) in [5, 5.41) is 23.3. The molecule has 0 aliphatic rings. The van der Waals surface area contributed by atoms with Gasteiger partial charge < -0.3 is 15.5 Å². The summed E-state index contributed by atoms with van der Waals surface area (Å²) in [6.07, 6.45) is 1.39. The summed E-state index contributed by atoms with van der Waals surface area (Å²) in [6, 6.07) is 18.0. The van der Waals surface area contributed by atoms with Crippen LogP contribution in [0.5, 0.6) is 5.75 Å². The molecule has 132 valence electrons. The number of fused-ring (bicyclic) bond motifs is 1. The van der Waals surface area contributed by atoms with Crippen molar-refractivity contribution in [2.45, 2.75) is 19.3 Å². The second-order valence-corrected chi connectivity index (χ2v) is 6.11. The fourth-order valence-electron chi connectivity index (χ4n) is 2.81. The smallest absolute Gasteiger partial charge is 0.303 e. The van der Waals surface area contributed by atoms with Crippen LogP contribution in [-0.2, 0) is 11.2 Å². The molecular formula is C21H19NO4. The lowest BCUT2D eigenvalue weighted by Gasteiger charge is -2.09. The molecule has 3 aromatic rings. The van der Waals surface area contributed by atoms with Crippen LogP contribution in [0.15, 0.2) is 60.7 Å². The van der Waals surface area contributed by atoms with Crippen molar-refractivity contribution in [3.05, 3.63) is 71.8 Å². The highest BCUT2D eigenvalue weighted by Crippen LogP contribution is 2.26. The predicted octanol–water partition coefficient (Wildman–Crippen LogP) is 4.21. The zero-order chi connectivity index (χ0) is 18.5. The van der Waals surface area contributed by atoms with Gasteiger partial charge in [0, 0.05) is 12.1 Å². The van der Waals surface area contributed by atoms with Gasteiger partial charge in [0.05, 0.1) is 5.56 Å². The van der Waals surface area contributed by atoms with Crippen molar-refractivity contribution in [3.8, 4) is 5.75 Å². The molecule has 3 N–H and O–H groups in total. The summed E-state index contributed by atoms with van der Waals surface area (Å²) in [5.74, 6) is -1.25. The predicted molar refractivity (Wildman–Crippen MR) is 101 cm³/mol. The number of carboxylic acid groups (broad SMARTS) is 1. The van der Waals surface area contributed by atoms with Crippen LogP contribution in [0.1, 0.15) is 28.8 Å². The van der Waals surface area contributed by atoms with Crippen molar-refractivity contribution in [1.29, 1.82) is 0 Å². The molecule has 5 heteroatoms. The van der Waals surface area contributed by atoms with Gasteiger partial charge in [0.15, 0.2) is 0 Å². The number of carbonyl (C=O) groups is 2. The average Bonchev–Trinajstić information content (AvgIpc) is 2.62. The molecule has 3 aromatic carbocycles. The number of hydrogen-bond donors (Lipinski definition) is 3. The maximum absolute atomic E-state index is 12.5. The zero-order valence-electron chi connectivity index (χ0n) is 14.1. The average molecular weight is 349 g/mol. The molecule has 0 radical (unpaired) electrons. The first kappa shape index (κ1) is 17.5. The Hall–Kier alpha value is -3.34. The molecule has 0 atom stereocenters. The van der Waals surface area contributed by atoms with Crippen molar-refractivity contribution in [1.82, 2.24) is 0 Å². The number of carbonyl (C=O) groups excluding carboxylic acids is 1. The molecule has 0 spiro atoms. The molecule has 0 heterocycles. The fourth-order valence-corrected chi connectivity index (χ4v) is 2.81. The van der Waals surface area contributed by atoms with Crippen LogP contribution in [-0.4, -0.2) is 22.1 Å². The normalized spacial score (nSPS) is 10.6. The van der Waals surface area contributed by atoms with E-state index in [2.05, 4.69) is 5.32 Å². The number of hydrogen-bond acceptors (Lipinski definition) is 3. The van der Waals surface area contributed by atoms with Crippen molar-refractivity contribution in [2.24, 2.45) is 0 Å². The van der Waals surface area contributed by atoms with Gasteiger partial charge in [0.2, 0.25) is 0 Å². The van der Waals surface area contributed by atoms with Gasteiger partial charge in [-0.15, -0.1) is 0 Å². The Bertz CT molecular complexity index is 948. The van der Waals surface area contributed by atoms with E-state index in [4.69, 9.17) is 5.11 Å². The number of rotatable bonds is 6. The van der Waals surface area contributed by atoms with E-state index in [-0.39, 0.29) is 23.6 Å².